The number of carbonyl (C=O) groups excluding carboxylic acids is 1. The highest BCUT2D eigenvalue weighted by Crippen LogP contribution is 2.32. The predicted octanol–water partition coefficient (Wildman–Crippen LogP) is 3.76. The van der Waals surface area contributed by atoms with Gasteiger partial charge in [0.2, 0.25) is 0 Å². The van der Waals surface area contributed by atoms with Crippen LogP contribution >= 0.6 is 22.9 Å². The number of alkyl halides is 1. The molecule has 0 saturated heterocycles. The van der Waals surface area contributed by atoms with Crippen molar-refractivity contribution >= 4 is 39.3 Å². The molecule has 0 radical (unpaired) electrons. The second-order valence-electron chi connectivity index (χ2n) is 3.19. The lowest BCUT2D eigenvalue weighted by molar-refractivity contribution is 0.112. The summed E-state index contributed by atoms with van der Waals surface area (Å²) < 4.78 is 1.17. The number of halogens is 1. The van der Waals surface area contributed by atoms with Gasteiger partial charge in [-0.15, -0.1) is 22.9 Å². The zero-order valence-electron chi connectivity index (χ0n) is 7.71. The van der Waals surface area contributed by atoms with Gasteiger partial charge < -0.3 is 0 Å². The molecule has 0 amide bonds. The maximum Gasteiger partial charge on any atom is 0.150 e. The summed E-state index contributed by atoms with van der Waals surface area (Å²) in [6, 6.07) is 3.83. The van der Waals surface area contributed by atoms with Crippen LogP contribution in [0.4, 0.5) is 0 Å². The Hall–Kier alpha value is -0.860. The van der Waals surface area contributed by atoms with Crippen LogP contribution in [0.3, 0.4) is 0 Å². The molecule has 0 fully saturated rings. The van der Waals surface area contributed by atoms with Crippen molar-refractivity contribution in [3.05, 3.63) is 34.2 Å². The first kappa shape index (κ1) is 9.69. The van der Waals surface area contributed by atoms with Crippen molar-refractivity contribution in [1.82, 2.24) is 0 Å². The van der Waals surface area contributed by atoms with Crippen molar-refractivity contribution in [3.8, 4) is 0 Å². The van der Waals surface area contributed by atoms with E-state index in [9.17, 15) is 4.79 Å². The normalized spacial score (nSPS) is 10.7. The summed E-state index contributed by atoms with van der Waals surface area (Å²) in [7, 11) is 0. The van der Waals surface area contributed by atoms with Crippen LogP contribution in [0, 0.1) is 6.92 Å². The van der Waals surface area contributed by atoms with Crippen LogP contribution in [0.1, 0.15) is 21.5 Å². The molecule has 0 aliphatic heterocycles. The summed E-state index contributed by atoms with van der Waals surface area (Å²) in [5, 5.41) is 3.05. The summed E-state index contributed by atoms with van der Waals surface area (Å²) in [6.07, 6.45) is 0.893. The molecule has 0 bridgehead atoms. The fraction of sp³-hybridized carbons (Fsp3) is 0.182. The van der Waals surface area contributed by atoms with Gasteiger partial charge in [-0.25, -0.2) is 0 Å². The average Bonchev–Trinajstić information content (AvgIpc) is 2.63. The average molecular weight is 225 g/mol. The highest BCUT2D eigenvalue weighted by atomic mass is 35.5. The number of rotatable bonds is 2. The fourth-order valence-corrected chi connectivity index (χ4v) is 2.95. The van der Waals surface area contributed by atoms with E-state index in [2.05, 4.69) is 0 Å². The van der Waals surface area contributed by atoms with Crippen LogP contribution in [0.25, 0.3) is 10.1 Å². The van der Waals surface area contributed by atoms with E-state index in [0.29, 0.717) is 5.88 Å². The monoisotopic (exact) mass is 224 g/mol. The summed E-state index contributed by atoms with van der Waals surface area (Å²) in [4.78, 5) is 10.9. The van der Waals surface area contributed by atoms with Gasteiger partial charge in [-0.2, -0.15) is 0 Å². The van der Waals surface area contributed by atoms with Crippen molar-refractivity contribution < 1.29 is 4.79 Å². The highest BCUT2D eigenvalue weighted by Gasteiger charge is 2.09. The molecule has 1 heterocycles. The van der Waals surface area contributed by atoms with Crippen molar-refractivity contribution in [3.63, 3.8) is 0 Å². The van der Waals surface area contributed by atoms with Crippen molar-refractivity contribution in [2.24, 2.45) is 0 Å². The van der Waals surface area contributed by atoms with Gasteiger partial charge in [-0.05, 0) is 23.4 Å². The topological polar surface area (TPSA) is 17.1 Å². The highest BCUT2D eigenvalue weighted by molar-refractivity contribution is 7.17. The van der Waals surface area contributed by atoms with Crippen LogP contribution in [0.2, 0.25) is 0 Å². The Labute approximate surface area is 91.3 Å². The van der Waals surface area contributed by atoms with Gasteiger partial charge in [0, 0.05) is 21.5 Å². The number of hydrogen-bond acceptors (Lipinski definition) is 2. The molecule has 2 aromatic rings. The van der Waals surface area contributed by atoms with Gasteiger partial charge in [0.05, 0.1) is 0 Å². The standard InChI is InChI=1S/C11H9ClOS/c1-7-2-3-8(5-13)10-9(4-12)6-14-11(7)10/h2-3,5-6H,4H2,1H3. The third-order valence-corrected chi connectivity index (χ3v) is 3.75. The Bertz CT molecular complexity index is 487. The molecule has 2 rings (SSSR count). The molecule has 0 aliphatic rings. The first-order chi connectivity index (χ1) is 6.77. The number of aldehydes is 1. The van der Waals surface area contributed by atoms with Gasteiger partial charge in [-0.3, -0.25) is 4.79 Å². The van der Waals surface area contributed by atoms with Gasteiger partial charge >= 0.3 is 0 Å². The minimum atomic E-state index is 0.463. The Morgan fingerprint density at radius 2 is 2.29 bits per heavy atom. The Morgan fingerprint density at radius 1 is 1.50 bits per heavy atom. The zero-order valence-corrected chi connectivity index (χ0v) is 9.28. The minimum Gasteiger partial charge on any atom is -0.298 e. The van der Waals surface area contributed by atoms with Gasteiger partial charge in [-0.1, -0.05) is 12.1 Å². The molecular weight excluding hydrogens is 216 g/mol. The van der Waals surface area contributed by atoms with Crippen LogP contribution < -0.4 is 0 Å². The van der Waals surface area contributed by atoms with Crippen LogP contribution in [0.5, 0.6) is 0 Å². The van der Waals surface area contributed by atoms with Gasteiger partial charge in [0.1, 0.15) is 0 Å². The molecule has 72 valence electrons. The molecule has 1 nitrogen and oxygen atoms in total. The first-order valence-corrected chi connectivity index (χ1v) is 5.70. The van der Waals surface area contributed by atoms with Crippen molar-refractivity contribution in [2.75, 3.05) is 0 Å². The van der Waals surface area contributed by atoms with Crippen molar-refractivity contribution in [1.29, 1.82) is 0 Å². The molecule has 0 aliphatic carbocycles. The molecule has 0 atom stereocenters. The molecule has 3 heteroatoms. The molecule has 1 aromatic carbocycles. The summed E-state index contributed by atoms with van der Waals surface area (Å²) in [6.45, 7) is 2.05. The Kier molecular flexibility index (Phi) is 2.57. The molecular formula is C11H9ClOS. The van der Waals surface area contributed by atoms with Gasteiger partial charge in [0.15, 0.2) is 6.29 Å². The minimum absolute atomic E-state index is 0.463. The van der Waals surface area contributed by atoms with E-state index in [1.54, 1.807) is 11.3 Å². The third-order valence-electron chi connectivity index (χ3n) is 2.30. The molecule has 14 heavy (non-hydrogen) atoms. The van der Waals surface area contributed by atoms with E-state index < -0.39 is 0 Å². The summed E-state index contributed by atoms with van der Waals surface area (Å²) in [5.41, 5.74) is 2.99. The molecule has 0 N–H and O–H groups in total. The Morgan fingerprint density at radius 3 is 2.93 bits per heavy atom. The molecule has 1 aromatic heterocycles. The maximum absolute atomic E-state index is 10.9. The molecule has 0 saturated carbocycles. The quantitative estimate of drug-likeness (QED) is 0.561. The van der Waals surface area contributed by atoms with E-state index in [1.807, 2.05) is 24.4 Å². The SMILES string of the molecule is Cc1ccc(C=O)c2c(CCl)csc12. The number of fused-ring (bicyclic) bond motifs is 1. The number of aryl methyl sites for hydroxylation is 1. The number of carbonyl (C=O) groups is 1. The lowest BCUT2D eigenvalue weighted by atomic mass is 10.1. The third kappa shape index (κ3) is 1.35. The van der Waals surface area contributed by atoms with E-state index in [-0.39, 0.29) is 0 Å². The largest absolute Gasteiger partial charge is 0.298 e. The van der Waals surface area contributed by atoms with Crippen LogP contribution in [-0.2, 0) is 5.88 Å². The number of thiophene rings is 1. The van der Waals surface area contributed by atoms with Crippen molar-refractivity contribution in [2.45, 2.75) is 12.8 Å². The van der Waals surface area contributed by atoms with Crippen LogP contribution in [0.15, 0.2) is 17.5 Å². The lowest BCUT2D eigenvalue weighted by Gasteiger charge is -2.00. The second-order valence-corrected chi connectivity index (χ2v) is 4.34. The predicted molar refractivity (Wildman–Crippen MR) is 61.5 cm³/mol. The van der Waals surface area contributed by atoms with Crippen LogP contribution in [-0.4, -0.2) is 6.29 Å². The first-order valence-electron chi connectivity index (χ1n) is 4.28. The zero-order chi connectivity index (χ0) is 10.1. The van der Waals surface area contributed by atoms with Gasteiger partial charge in [0.25, 0.3) is 0 Å². The molecule has 0 spiro atoms. The lowest BCUT2D eigenvalue weighted by Crippen LogP contribution is -1.85. The smallest absolute Gasteiger partial charge is 0.150 e. The molecule has 0 unspecified atom stereocenters. The van der Waals surface area contributed by atoms with E-state index in [0.717, 1.165) is 22.8 Å². The summed E-state index contributed by atoms with van der Waals surface area (Å²) >= 11 is 7.47. The van der Waals surface area contributed by atoms with E-state index in [1.165, 1.54) is 10.3 Å². The maximum atomic E-state index is 10.9. The summed E-state index contributed by atoms with van der Waals surface area (Å²) in [5.74, 6) is 0.463. The van der Waals surface area contributed by atoms with E-state index >= 15 is 0 Å². The fourth-order valence-electron chi connectivity index (χ4n) is 1.57. The second kappa shape index (κ2) is 3.71. The Balaban J connectivity index is 2.88. The number of benzene rings is 1. The van der Waals surface area contributed by atoms with E-state index in [4.69, 9.17) is 11.6 Å². The number of hydrogen-bond donors (Lipinski definition) is 0.